The van der Waals surface area contributed by atoms with Crippen molar-refractivity contribution in [3.8, 4) is 0 Å². The van der Waals surface area contributed by atoms with Crippen LogP contribution in [0.2, 0.25) is 0 Å². The molecule has 0 saturated carbocycles. The number of nitrogens with zero attached hydrogens (tertiary/aromatic N) is 2. The molecule has 0 bridgehead atoms. The topological polar surface area (TPSA) is 64.9 Å². The summed E-state index contributed by atoms with van der Waals surface area (Å²) >= 11 is 0. The second-order valence-corrected chi connectivity index (χ2v) is 3.72. The van der Waals surface area contributed by atoms with Gasteiger partial charge in [0.1, 0.15) is 5.56 Å². The smallest absolute Gasteiger partial charge is 0.341 e. The van der Waals surface area contributed by atoms with E-state index in [-0.39, 0.29) is 5.97 Å². The lowest BCUT2D eigenvalue weighted by Crippen LogP contribution is -2.08. The van der Waals surface area contributed by atoms with Crippen molar-refractivity contribution < 1.29 is 14.3 Å². The number of aromatic nitrogens is 2. The van der Waals surface area contributed by atoms with Gasteiger partial charge in [-0.1, -0.05) is 0 Å². The molecule has 1 N–H and O–H groups in total. The summed E-state index contributed by atoms with van der Waals surface area (Å²) in [6, 6.07) is 3.72. The Balaban J connectivity index is 2.22. The van der Waals surface area contributed by atoms with Crippen LogP contribution in [-0.4, -0.2) is 43.0 Å². The Bertz CT molecular complexity index is 550. The monoisotopic (exact) mass is 249 g/mol. The van der Waals surface area contributed by atoms with E-state index >= 15 is 0 Å². The summed E-state index contributed by atoms with van der Waals surface area (Å²) < 4.78 is 11.3. The van der Waals surface area contributed by atoms with Crippen molar-refractivity contribution in [2.24, 2.45) is 0 Å². The first-order valence-corrected chi connectivity index (χ1v) is 5.55. The van der Waals surface area contributed by atoms with Gasteiger partial charge in [0.25, 0.3) is 0 Å². The summed E-state index contributed by atoms with van der Waals surface area (Å²) in [6.45, 7) is 1.34. The van der Waals surface area contributed by atoms with Crippen molar-refractivity contribution >= 4 is 17.2 Å². The van der Waals surface area contributed by atoms with Crippen LogP contribution in [0.4, 0.5) is 5.69 Å². The normalized spacial score (nSPS) is 10.6. The number of carbonyl (C=O) groups excluding carboxylic acids is 1. The summed E-state index contributed by atoms with van der Waals surface area (Å²) in [6.07, 6.45) is 3.32. The molecular weight excluding hydrogens is 234 g/mol. The number of ether oxygens (including phenoxy) is 2. The van der Waals surface area contributed by atoms with Crippen molar-refractivity contribution in [3.63, 3.8) is 0 Å². The molecule has 0 aliphatic carbocycles. The number of fused-ring (bicyclic) bond motifs is 1. The summed E-state index contributed by atoms with van der Waals surface area (Å²) in [5.41, 5.74) is 2.10. The zero-order chi connectivity index (χ0) is 13.0. The molecule has 0 aliphatic heterocycles. The first-order chi connectivity index (χ1) is 8.76. The molecule has 2 heterocycles. The number of anilines is 1. The lowest BCUT2D eigenvalue weighted by Gasteiger charge is -2.06. The third-order valence-corrected chi connectivity index (χ3v) is 2.56. The van der Waals surface area contributed by atoms with E-state index in [0.29, 0.717) is 18.7 Å². The highest BCUT2D eigenvalue weighted by atomic mass is 16.5. The van der Waals surface area contributed by atoms with Crippen LogP contribution in [0.15, 0.2) is 24.5 Å². The molecule has 96 valence electrons. The SMILES string of the molecule is COCCNc1ccc2c(C(=O)OC)cnn2c1. The quantitative estimate of drug-likeness (QED) is 0.636. The largest absolute Gasteiger partial charge is 0.465 e. The molecule has 2 rings (SSSR count). The minimum atomic E-state index is -0.384. The maximum atomic E-state index is 11.5. The van der Waals surface area contributed by atoms with Crippen LogP contribution in [0.3, 0.4) is 0 Å². The Morgan fingerprint density at radius 3 is 3.00 bits per heavy atom. The molecule has 0 saturated heterocycles. The van der Waals surface area contributed by atoms with Crippen molar-refractivity contribution in [2.75, 3.05) is 32.7 Å². The number of methoxy groups -OCH3 is 2. The third kappa shape index (κ3) is 2.43. The maximum absolute atomic E-state index is 11.5. The first kappa shape index (κ1) is 12.4. The van der Waals surface area contributed by atoms with Gasteiger partial charge < -0.3 is 14.8 Å². The molecule has 2 aromatic rings. The Kier molecular flexibility index (Phi) is 3.78. The van der Waals surface area contributed by atoms with E-state index in [1.54, 1.807) is 11.6 Å². The van der Waals surface area contributed by atoms with Crippen molar-refractivity contribution in [1.82, 2.24) is 9.61 Å². The highest BCUT2D eigenvalue weighted by molar-refractivity contribution is 5.96. The number of rotatable bonds is 5. The van der Waals surface area contributed by atoms with Crippen LogP contribution in [0.1, 0.15) is 10.4 Å². The zero-order valence-electron chi connectivity index (χ0n) is 10.3. The molecule has 0 aromatic carbocycles. The standard InChI is InChI=1S/C12H15N3O3/c1-17-6-5-13-9-3-4-11-10(12(16)18-2)7-14-15(11)8-9/h3-4,7-8,13H,5-6H2,1-2H3. The molecule has 0 aliphatic rings. The minimum absolute atomic E-state index is 0.384. The fraction of sp³-hybridized carbons (Fsp3) is 0.333. The number of carbonyl (C=O) groups is 1. The molecule has 0 radical (unpaired) electrons. The van der Waals surface area contributed by atoms with Gasteiger partial charge >= 0.3 is 5.97 Å². The fourth-order valence-electron chi connectivity index (χ4n) is 1.65. The van der Waals surface area contributed by atoms with Crippen LogP contribution in [0.5, 0.6) is 0 Å². The van der Waals surface area contributed by atoms with Gasteiger partial charge in [0.2, 0.25) is 0 Å². The minimum Gasteiger partial charge on any atom is -0.465 e. The zero-order valence-corrected chi connectivity index (χ0v) is 10.3. The van der Waals surface area contributed by atoms with Gasteiger partial charge in [0, 0.05) is 13.7 Å². The number of hydrogen-bond donors (Lipinski definition) is 1. The highest BCUT2D eigenvalue weighted by Crippen LogP contribution is 2.15. The van der Waals surface area contributed by atoms with E-state index in [2.05, 4.69) is 15.2 Å². The van der Waals surface area contributed by atoms with Crippen LogP contribution in [-0.2, 0) is 9.47 Å². The van der Waals surface area contributed by atoms with E-state index < -0.39 is 0 Å². The van der Waals surface area contributed by atoms with Gasteiger partial charge in [-0.15, -0.1) is 0 Å². The predicted octanol–water partition coefficient (Wildman–Crippen LogP) is 1.18. The molecule has 0 unspecified atom stereocenters. The van der Waals surface area contributed by atoms with Gasteiger partial charge in [-0.05, 0) is 12.1 Å². The first-order valence-electron chi connectivity index (χ1n) is 5.55. The van der Waals surface area contributed by atoms with Crippen molar-refractivity contribution in [3.05, 3.63) is 30.1 Å². The molecule has 2 aromatic heterocycles. The van der Waals surface area contributed by atoms with E-state index in [1.807, 2.05) is 18.3 Å². The lowest BCUT2D eigenvalue weighted by molar-refractivity contribution is 0.0603. The molecule has 6 heteroatoms. The number of pyridine rings is 1. The number of hydrogen-bond acceptors (Lipinski definition) is 5. The molecule has 0 spiro atoms. The Morgan fingerprint density at radius 2 is 2.28 bits per heavy atom. The van der Waals surface area contributed by atoms with Crippen LogP contribution in [0.25, 0.3) is 5.52 Å². The molecule has 6 nitrogen and oxygen atoms in total. The average Bonchev–Trinajstić information content (AvgIpc) is 2.81. The highest BCUT2D eigenvalue weighted by Gasteiger charge is 2.12. The number of nitrogens with one attached hydrogen (secondary N) is 1. The predicted molar refractivity (Wildman–Crippen MR) is 66.9 cm³/mol. The fourth-order valence-corrected chi connectivity index (χ4v) is 1.65. The summed E-state index contributed by atoms with van der Waals surface area (Å²) in [5.74, 6) is -0.384. The molecule has 0 fully saturated rings. The van der Waals surface area contributed by atoms with E-state index in [4.69, 9.17) is 4.74 Å². The summed E-state index contributed by atoms with van der Waals surface area (Å²) in [4.78, 5) is 11.5. The van der Waals surface area contributed by atoms with Gasteiger partial charge in [0.15, 0.2) is 0 Å². The Labute approximate surface area is 105 Å². The number of esters is 1. The second-order valence-electron chi connectivity index (χ2n) is 3.72. The molecular formula is C12H15N3O3. The van der Waals surface area contributed by atoms with Crippen LogP contribution < -0.4 is 5.32 Å². The van der Waals surface area contributed by atoms with E-state index in [0.717, 1.165) is 11.2 Å². The van der Waals surface area contributed by atoms with Crippen LogP contribution in [0, 0.1) is 0 Å². The molecule has 0 amide bonds. The average molecular weight is 249 g/mol. The van der Waals surface area contributed by atoms with Gasteiger partial charge in [-0.2, -0.15) is 5.10 Å². The molecule has 0 atom stereocenters. The Morgan fingerprint density at radius 1 is 1.44 bits per heavy atom. The second kappa shape index (κ2) is 5.50. The third-order valence-electron chi connectivity index (χ3n) is 2.56. The lowest BCUT2D eigenvalue weighted by atomic mass is 10.2. The maximum Gasteiger partial charge on any atom is 0.341 e. The van der Waals surface area contributed by atoms with Gasteiger partial charge in [-0.25, -0.2) is 9.31 Å². The van der Waals surface area contributed by atoms with Gasteiger partial charge in [-0.3, -0.25) is 0 Å². The molecule has 18 heavy (non-hydrogen) atoms. The van der Waals surface area contributed by atoms with Crippen molar-refractivity contribution in [1.29, 1.82) is 0 Å². The van der Waals surface area contributed by atoms with E-state index in [9.17, 15) is 4.79 Å². The van der Waals surface area contributed by atoms with Crippen molar-refractivity contribution in [2.45, 2.75) is 0 Å². The van der Waals surface area contributed by atoms with Gasteiger partial charge in [0.05, 0.1) is 37.3 Å². The van der Waals surface area contributed by atoms with E-state index in [1.165, 1.54) is 13.3 Å². The summed E-state index contributed by atoms with van der Waals surface area (Å²) in [7, 11) is 3.01. The van der Waals surface area contributed by atoms with Crippen LogP contribution >= 0.6 is 0 Å². The summed E-state index contributed by atoms with van der Waals surface area (Å²) in [5, 5.41) is 7.31. The Hall–Kier alpha value is -2.08.